The van der Waals surface area contributed by atoms with Crippen LogP contribution in [-0.2, 0) is 4.79 Å². The van der Waals surface area contributed by atoms with Gasteiger partial charge in [0.25, 0.3) is 0 Å². The van der Waals surface area contributed by atoms with Gasteiger partial charge in [0.05, 0.1) is 0 Å². The number of fused-ring (bicyclic) bond motifs is 5. The minimum atomic E-state index is 0.359. The van der Waals surface area contributed by atoms with Crippen LogP contribution in [0.3, 0.4) is 0 Å². The first kappa shape index (κ1) is 12.0. The van der Waals surface area contributed by atoms with Crippen molar-refractivity contribution in [3.63, 3.8) is 0 Å². The van der Waals surface area contributed by atoms with Gasteiger partial charge >= 0.3 is 0 Å². The minimum Gasteiger partial charge on any atom is -0.356 e. The lowest BCUT2D eigenvalue weighted by molar-refractivity contribution is -0.123. The lowest BCUT2D eigenvalue weighted by Gasteiger charge is -2.13. The number of halogens is 1. The molecule has 5 atom stereocenters. The van der Waals surface area contributed by atoms with Gasteiger partial charge < -0.3 is 5.32 Å². The van der Waals surface area contributed by atoms with Crippen LogP contribution in [0.5, 0.6) is 0 Å². The topological polar surface area (TPSA) is 29.1 Å². The largest absolute Gasteiger partial charge is 0.356 e. The van der Waals surface area contributed by atoms with Gasteiger partial charge in [0.15, 0.2) is 0 Å². The highest BCUT2D eigenvalue weighted by Gasteiger charge is 2.67. The summed E-state index contributed by atoms with van der Waals surface area (Å²) in [6.07, 6.45) is 5.37. The molecule has 3 fully saturated rings. The van der Waals surface area contributed by atoms with Crippen LogP contribution in [0.4, 0.5) is 0 Å². The quantitative estimate of drug-likeness (QED) is 0.777. The molecule has 1 N–H and O–H groups in total. The van der Waals surface area contributed by atoms with Gasteiger partial charge in [-0.1, -0.05) is 22.9 Å². The Balaban J connectivity index is 1.46. The van der Waals surface area contributed by atoms with E-state index in [4.69, 9.17) is 0 Å². The van der Waals surface area contributed by atoms with Crippen molar-refractivity contribution in [1.29, 1.82) is 0 Å². The maximum absolute atomic E-state index is 12.1. The summed E-state index contributed by atoms with van der Waals surface area (Å²) in [5, 5.41) is 4.20. The van der Waals surface area contributed by atoms with Gasteiger partial charge in [0.2, 0.25) is 5.91 Å². The van der Waals surface area contributed by atoms with E-state index in [2.05, 4.69) is 28.2 Å². The summed E-state index contributed by atoms with van der Waals surface area (Å²) in [5.74, 6) is 4.71. The van der Waals surface area contributed by atoms with E-state index < -0.39 is 0 Å². The molecule has 0 spiro atoms. The minimum absolute atomic E-state index is 0.359. The predicted octanol–water partition coefficient (Wildman–Crippen LogP) is 2.82. The fraction of sp³-hybridized carbons (Fsp3) is 0.929. The van der Waals surface area contributed by atoms with Crippen LogP contribution in [0.25, 0.3) is 0 Å². The normalized spacial score (nSPS) is 43.3. The van der Waals surface area contributed by atoms with E-state index in [0.717, 1.165) is 42.0 Å². The van der Waals surface area contributed by atoms with E-state index in [-0.39, 0.29) is 0 Å². The van der Waals surface area contributed by atoms with Crippen LogP contribution >= 0.6 is 15.9 Å². The number of carbonyl (C=O) groups is 1. The second-order valence-corrected chi connectivity index (χ2v) is 7.13. The van der Waals surface area contributed by atoms with E-state index in [0.29, 0.717) is 17.7 Å². The first-order chi connectivity index (χ1) is 8.22. The molecule has 1 amide bonds. The van der Waals surface area contributed by atoms with Crippen molar-refractivity contribution in [2.75, 3.05) is 11.9 Å². The van der Waals surface area contributed by atoms with Crippen molar-refractivity contribution in [2.45, 2.75) is 32.6 Å². The Morgan fingerprint density at radius 2 is 2.00 bits per heavy atom. The standard InChI is InChI=1S/C14H22BrNO/c1-8(4-5-15)7-16-14(17)13-11-9-2-3-10(6-9)12(11)13/h8-13H,2-7H2,1H3,(H,16,17). The molecule has 0 radical (unpaired) electrons. The Morgan fingerprint density at radius 3 is 2.59 bits per heavy atom. The number of rotatable bonds is 5. The lowest BCUT2D eigenvalue weighted by atomic mass is 10.0. The summed E-state index contributed by atoms with van der Waals surface area (Å²) in [6, 6.07) is 0. The highest BCUT2D eigenvalue weighted by molar-refractivity contribution is 9.09. The average Bonchev–Trinajstić information content (AvgIpc) is 2.75. The summed E-state index contributed by atoms with van der Waals surface area (Å²) in [6.45, 7) is 3.06. The molecule has 3 heteroatoms. The second kappa shape index (κ2) is 4.56. The molecule has 0 aromatic heterocycles. The molecule has 0 aliphatic heterocycles. The first-order valence-corrected chi connectivity index (χ1v) is 8.18. The summed E-state index contributed by atoms with van der Waals surface area (Å²) in [7, 11) is 0. The fourth-order valence-corrected chi connectivity index (χ4v) is 5.14. The van der Waals surface area contributed by atoms with Gasteiger partial charge in [-0.15, -0.1) is 0 Å². The fourth-order valence-electron chi connectivity index (χ4n) is 4.36. The number of hydrogen-bond acceptors (Lipinski definition) is 1. The Hall–Kier alpha value is -0.0500. The third-order valence-corrected chi connectivity index (χ3v) is 5.72. The monoisotopic (exact) mass is 299 g/mol. The lowest BCUT2D eigenvalue weighted by Crippen LogP contribution is -2.31. The van der Waals surface area contributed by atoms with Crippen LogP contribution in [0.15, 0.2) is 0 Å². The molecule has 3 aliphatic rings. The Kier molecular flexibility index (Phi) is 3.22. The molecule has 3 rings (SSSR count). The molecule has 3 saturated carbocycles. The molecular formula is C14H22BrNO. The number of amides is 1. The molecule has 5 unspecified atom stereocenters. The number of alkyl halides is 1. The number of nitrogens with one attached hydrogen (secondary N) is 1. The van der Waals surface area contributed by atoms with Crippen LogP contribution in [0, 0.1) is 35.5 Å². The smallest absolute Gasteiger partial charge is 0.223 e. The molecular weight excluding hydrogens is 278 g/mol. The van der Waals surface area contributed by atoms with Crippen molar-refractivity contribution in [3.05, 3.63) is 0 Å². The zero-order chi connectivity index (χ0) is 12.0. The summed E-state index contributed by atoms with van der Waals surface area (Å²) >= 11 is 3.45. The molecule has 2 nitrogen and oxygen atoms in total. The average molecular weight is 300 g/mol. The summed E-state index contributed by atoms with van der Waals surface area (Å²) < 4.78 is 0. The van der Waals surface area contributed by atoms with Crippen molar-refractivity contribution >= 4 is 21.8 Å². The molecule has 96 valence electrons. The summed E-state index contributed by atoms with van der Waals surface area (Å²) in [4.78, 5) is 12.1. The van der Waals surface area contributed by atoms with Gasteiger partial charge in [0, 0.05) is 17.8 Å². The van der Waals surface area contributed by atoms with Crippen molar-refractivity contribution in [1.82, 2.24) is 5.32 Å². The zero-order valence-electron chi connectivity index (χ0n) is 10.5. The van der Waals surface area contributed by atoms with E-state index in [9.17, 15) is 4.79 Å². The van der Waals surface area contributed by atoms with E-state index in [1.165, 1.54) is 19.3 Å². The predicted molar refractivity (Wildman–Crippen MR) is 71.9 cm³/mol. The highest BCUT2D eigenvalue weighted by Crippen LogP contribution is 2.69. The van der Waals surface area contributed by atoms with Crippen LogP contribution < -0.4 is 5.32 Å². The van der Waals surface area contributed by atoms with Gasteiger partial charge in [0.1, 0.15) is 0 Å². The summed E-state index contributed by atoms with van der Waals surface area (Å²) in [5.41, 5.74) is 0. The first-order valence-electron chi connectivity index (χ1n) is 7.06. The second-order valence-electron chi connectivity index (χ2n) is 6.34. The molecule has 0 heterocycles. The Morgan fingerprint density at radius 1 is 1.35 bits per heavy atom. The maximum Gasteiger partial charge on any atom is 0.223 e. The van der Waals surface area contributed by atoms with Crippen LogP contribution in [-0.4, -0.2) is 17.8 Å². The van der Waals surface area contributed by atoms with Gasteiger partial charge in [-0.25, -0.2) is 0 Å². The van der Waals surface area contributed by atoms with E-state index in [1.54, 1.807) is 0 Å². The van der Waals surface area contributed by atoms with Crippen LogP contribution in [0.2, 0.25) is 0 Å². The zero-order valence-corrected chi connectivity index (χ0v) is 12.1. The molecule has 2 bridgehead atoms. The highest BCUT2D eigenvalue weighted by atomic mass is 79.9. The molecule has 0 saturated heterocycles. The van der Waals surface area contributed by atoms with Gasteiger partial charge in [-0.3, -0.25) is 4.79 Å². The number of carbonyl (C=O) groups excluding carboxylic acids is 1. The third-order valence-electron chi connectivity index (χ3n) is 5.26. The molecule has 0 aromatic rings. The van der Waals surface area contributed by atoms with Gasteiger partial charge in [-0.2, -0.15) is 0 Å². The van der Waals surface area contributed by atoms with E-state index in [1.807, 2.05) is 0 Å². The molecule has 3 aliphatic carbocycles. The third kappa shape index (κ3) is 2.05. The van der Waals surface area contributed by atoms with E-state index >= 15 is 0 Å². The molecule has 0 aromatic carbocycles. The molecule has 17 heavy (non-hydrogen) atoms. The number of hydrogen-bond donors (Lipinski definition) is 1. The maximum atomic E-state index is 12.1. The SMILES string of the molecule is CC(CCBr)CNC(=O)C1C2C3CCC(C3)C12. The van der Waals surface area contributed by atoms with Gasteiger partial charge in [-0.05, 0) is 55.3 Å². The van der Waals surface area contributed by atoms with Crippen molar-refractivity contribution in [3.8, 4) is 0 Å². The Labute approximate surface area is 112 Å². The van der Waals surface area contributed by atoms with Crippen molar-refractivity contribution < 1.29 is 4.79 Å². The Bertz CT molecular complexity index is 303. The van der Waals surface area contributed by atoms with Crippen molar-refractivity contribution in [2.24, 2.45) is 35.5 Å². The van der Waals surface area contributed by atoms with Crippen LogP contribution in [0.1, 0.15) is 32.6 Å².